The lowest BCUT2D eigenvalue weighted by Crippen LogP contribution is -2.11. The molecule has 4 heterocycles. The van der Waals surface area contributed by atoms with E-state index in [1.807, 2.05) is 24.5 Å². The zero-order chi connectivity index (χ0) is 22.8. The third kappa shape index (κ3) is 5.22. The molecule has 31 heavy (non-hydrogen) atoms. The smallest absolute Gasteiger partial charge is 0.164 e. The molecule has 2 aromatic heterocycles. The minimum absolute atomic E-state index is 0.0478. The van der Waals surface area contributed by atoms with Crippen molar-refractivity contribution >= 4 is 29.9 Å². The fourth-order valence-electron chi connectivity index (χ4n) is 4.04. The Morgan fingerprint density at radius 2 is 1.29 bits per heavy atom. The number of carbonyl (C=O) groups excluding carboxylic acids is 1. The van der Waals surface area contributed by atoms with Crippen LogP contribution in [0, 0.1) is 24.7 Å². The maximum absolute atomic E-state index is 10.7. The highest BCUT2D eigenvalue weighted by Gasteiger charge is 2.31. The van der Waals surface area contributed by atoms with Gasteiger partial charge in [0.2, 0.25) is 0 Å². The second kappa shape index (κ2) is 8.66. The van der Waals surface area contributed by atoms with Gasteiger partial charge in [-0.25, -0.2) is 0 Å². The van der Waals surface area contributed by atoms with Crippen molar-refractivity contribution in [1.29, 1.82) is 0 Å². The van der Waals surface area contributed by atoms with E-state index in [1.54, 1.807) is 0 Å². The summed E-state index contributed by atoms with van der Waals surface area (Å²) in [5, 5.41) is 0. The molecule has 2 aliphatic rings. The largest absolute Gasteiger partial charge is 0.361 e. The first kappa shape index (κ1) is 22.7. The summed E-state index contributed by atoms with van der Waals surface area (Å²) < 4.78 is 0. The molecular weight excluding hydrogens is 384 g/mol. The fraction of sp³-hybridized carbons (Fsp3) is 0.423. The van der Waals surface area contributed by atoms with Crippen molar-refractivity contribution in [2.24, 2.45) is 20.8 Å². The minimum Gasteiger partial charge on any atom is -0.361 e. The molecule has 5 heteroatoms. The number of aliphatic imine (C=N–C) groups is 2. The molecule has 0 bridgehead atoms. The van der Waals surface area contributed by atoms with E-state index in [-0.39, 0.29) is 10.8 Å². The lowest BCUT2D eigenvalue weighted by atomic mass is 9.86. The number of aldehydes is 1. The Balaban J connectivity index is 0.000000176. The van der Waals surface area contributed by atoms with E-state index in [2.05, 4.69) is 80.6 Å². The summed E-state index contributed by atoms with van der Waals surface area (Å²) in [6, 6.07) is 4.11. The normalized spacial score (nSPS) is 21.6. The number of rotatable bonds is 3. The van der Waals surface area contributed by atoms with Gasteiger partial charge in [0.25, 0.3) is 0 Å². The molecule has 0 aliphatic carbocycles. The quantitative estimate of drug-likeness (QED) is 0.565. The number of hydrogen-bond donors (Lipinski definition) is 2. The molecule has 2 aromatic rings. The van der Waals surface area contributed by atoms with Crippen molar-refractivity contribution in [2.45, 2.75) is 61.3 Å². The Hall–Kier alpha value is -2.95. The first-order valence-corrected chi connectivity index (χ1v) is 10.8. The third-order valence-corrected chi connectivity index (χ3v) is 5.98. The van der Waals surface area contributed by atoms with Gasteiger partial charge in [0, 0.05) is 58.1 Å². The predicted molar refractivity (Wildman–Crippen MR) is 130 cm³/mol. The van der Waals surface area contributed by atoms with Crippen molar-refractivity contribution < 1.29 is 4.79 Å². The van der Waals surface area contributed by atoms with Gasteiger partial charge in [-0.1, -0.05) is 27.7 Å². The van der Waals surface area contributed by atoms with Crippen LogP contribution in [0.25, 0.3) is 12.2 Å². The van der Waals surface area contributed by atoms with Crippen LogP contribution in [0.3, 0.4) is 0 Å². The van der Waals surface area contributed by atoms with Gasteiger partial charge in [-0.15, -0.1) is 0 Å². The van der Waals surface area contributed by atoms with Crippen molar-refractivity contribution in [3.05, 3.63) is 58.4 Å². The highest BCUT2D eigenvalue weighted by molar-refractivity contribution is 6.29. The highest BCUT2D eigenvalue weighted by atomic mass is 16.1. The Bertz CT molecular complexity index is 1090. The molecule has 0 unspecified atom stereocenters. The summed E-state index contributed by atoms with van der Waals surface area (Å²) in [5.41, 5.74) is 8.88. The third-order valence-electron chi connectivity index (χ3n) is 5.98. The molecule has 5 nitrogen and oxygen atoms in total. The van der Waals surface area contributed by atoms with Gasteiger partial charge >= 0.3 is 0 Å². The van der Waals surface area contributed by atoms with Crippen LogP contribution in [-0.4, -0.2) is 27.7 Å². The molecule has 2 aliphatic heterocycles. The van der Waals surface area contributed by atoms with E-state index in [4.69, 9.17) is 0 Å². The summed E-state index contributed by atoms with van der Waals surface area (Å²) in [7, 11) is 0. The van der Waals surface area contributed by atoms with Gasteiger partial charge in [-0.05, 0) is 62.6 Å². The summed E-state index contributed by atoms with van der Waals surface area (Å²) >= 11 is 0. The number of aromatic amines is 2. The number of aryl methyl sites for hydroxylation is 2. The number of nitrogens with zero attached hydrogens (tertiary/aromatic N) is 2. The van der Waals surface area contributed by atoms with Crippen molar-refractivity contribution in [1.82, 2.24) is 9.97 Å². The van der Waals surface area contributed by atoms with Gasteiger partial charge in [0.05, 0.1) is 5.71 Å². The topological polar surface area (TPSA) is 73.4 Å². The van der Waals surface area contributed by atoms with E-state index in [9.17, 15) is 4.79 Å². The van der Waals surface area contributed by atoms with Gasteiger partial charge < -0.3 is 9.97 Å². The Labute approximate surface area is 185 Å². The monoisotopic (exact) mass is 418 g/mol. The summed E-state index contributed by atoms with van der Waals surface area (Å²) in [5.74, 6) is 0. The molecule has 0 saturated carbocycles. The highest BCUT2D eigenvalue weighted by Crippen LogP contribution is 2.39. The average molecular weight is 419 g/mol. The zero-order valence-corrected chi connectivity index (χ0v) is 19.8. The van der Waals surface area contributed by atoms with Gasteiger partial charge in [-0.2, -0.15) is 0 Å². The second-order valence-corrected chi connectivity index (χ2v) is 9.90. The van der Waals surface area contributed by atoms with Crippen molar-refractivity contribution in [3.63, 3.8) is 0 Å². The standard InChI is InChI=1S/C13H16N2O.C13H18N2/c1-9-4-5-14-11(9)6-12-13(2,3)7-10(8-16)15-12;1-9-5-6-14-11(9)7-12-13(3,4)8-10(2)15-12/h4-6,8,14H,7H2,1-3H3;5-7,14H,8H2,1-4H3/b12-6-;12-7-. The molecule has 164 valence electrons. The van der Waals surface area contributed by atoms with E-state index in [0.29, 0.717) is 5.71 Å². The number of hydrogen-bond acceptors (Lipinski definition) is 3. The van der Waals surface area contributed by atoms with Crippen LogP contribution < -0.4 is 0 Å². The van der Waals surface area contributed by atoms with E-state index in [1.165, 1.54) is 28.2 Å². The molecule has 0 atom stereocenters. The molecule has 2 N–H and O–H groups in total. The first-order valence-electron chi connectivity index (χ1n) is 10.8. The SMILES string of the molecule is CC1=N/C(=C\c2[nH]ccc2C)C(C)(C)C1.Cc1cc[nH]c1/C=C1\N=C(C=O)CC1(C)C. The number of aromatic nitrogens is 2. The van der Waals surface area contributed by atoms with Gasteiger partial charge in [-0.3, -0.25) is 14.8 Å². The summed E-state index contributed by atoms with van der Waals surface area (Å²) in [4.78, 5) is 26.1. The van der Waals surface area contributed by atoms with Crippen LogP contribution in [0.4, 0.5) is 0 Å². The average Bonchev–Trinajstić information content (AvgIpc) is 3.40. The van der Waals surface area contributed by atoms with Crippen LogP contribution in [0.5, 0.6) is 0 Å². The van der Waals surface area contributed by atoms with Crippen LogP contribution in [-0.2, 0) is 4.79 Å². The Kier molecular flexibility index (Phi) is 6.35. The van der Waals surface area contributed by atoms with E-state index >= 15 is 0 Å². The maximum Gasteiger partial charge on any atom is 0.164 e. The number of carbonyl (C=O) groups is 1. The summed E-state index contributed by atoms with van der Waals surface area (Å²) in [6.07, 6.45) is 10.7. The van der Waals surface area contributed by atoms with Crippen molar-refractivity contribution in [2.75, 3.05) is 0 Å². The van der Waals surface area contributed by atoms with E-state index in [0.717, 1.165) is 30.5 Å². The minimum atomic E-state index is -0.0478. The molecule has 0 saturated heterocycles. The van der Waals surface area contributed by atoms with E-state index < -0.39 is 0 Å². The maximum atomic E-state index is 10.7. The number of nitrogens with one attached hydrogen (secondary N) is 2. The fourth-order valence-corrected chi connectivity index (χ4v) is 4.04. The molecule has 0 amide bonds. The molecule has 0 radical (unpaired) electrons. The Morgan fingerprint density at radius 3 is 1.65 bits per heavy atom. The lowest BCUT2D eigenvalue weighted by Gasteiger charge is -2.17. The first-order chi connectivity index (χ1) is 14.5. The van der Waals surface area contributed by atoms with Crippen LogP contribution in [0.1, 0.15) is 70.0 Å². The second-order valence-electron chi connectivity index (χ2n) is 9.90. The van der Waals surface area contributed by atoms with Crippen LogP contribution >= 0.6 is 0 Å². The number of H-pyrrole nitrogens is 2. The molecular formula is C26H34N4O. The van der Waals surface area contributed by atoms with Gasteiger partial charge in [0.1, 0.15) is 0 Å². The van der Waals surface area contributed by atoms with Crippen molar-refractivity contribution in [3.8, 4) is 0 Å². The predicted octanol–water partition coefficient (Wildman–Crippen LogP) is 6.29. The lowest BCUT2D eigenvalue weighted by molar-refractivity contribution is -0.102. The van der Waals surface area contributed by atoms with Crippen LogP contribution in [0.15, 0.2) is 45.9 Å². The molecule has 4 rings (SSSR count). The number of allylic oxidation sites excluding steroid dienone is 2. The Morgan fingerprint density at radius 1 is 0.806 bits per heavy atom. The summed E-state index contributed by atoms with van der Waals surface area (Å²) in [6.45, 7) is 15.0. The molecule has 0 fully saturated rings. The van der Waals surface area contributed by atoms with Crippen LogP contribution in [0.2, 0.25) is 0 Å². The zero-order valence-electron chi connectivity index (χ0n) is 19.8. The van der Waals surface area contributed by atoms with Gasteiger partial charge in [0.15, 0.2) is 6.29 Å². The molecule has 0 aromatic carbocycles. The molecule has 0 spiro atoms.